The van der Waals surface area contributed by atoms with Gasteiger partial charge in [-0.15, -0.1) is 0 Å². The van der Waals surface area contributed by atoms with Crippen LogP contribution in [0, 0.1) is 10.1 Å². The van der Waals surface area contributed by atoms with Crippen LogP contribution in [-0.4, -0.2) is 22.3 Å². The molecule has 1 aliphatic heterocycles. The van der Waals surface area contributed by atoms with Crippen molar-refractivity contribution in [3.63, 3.8) is 0 Å². The second kappa shape index (κ2) is 4.36. The lowest BCUT2D eigenvalue weighted by Gasteiger charge is -2.14. The summed E-state index contributed by atoms with van der Waals surface area (Å²) in [6.07, 6.45) is 0. The van der Waals surface area contributed by atoms with Gasteiger partial charge in [0, 0.05) is 18.6 Å². The highest BCUT2D eigenvalue weighted by molar-refractivity contribution is 5.93. The maximum Gasteiger partial charge on any atom is 0.276 e. The van der Waals surface area contributed by atoms with Gasteiger partial charge in [-0.25, -0.2) is 4.58 Å². The van der Waals surface area contributed by atoms with Crippen LogP contribution in [-0.2, 0) is 5.41 Å². The van der Waals surface area contributed by atoms with Gasteiger partial charge in [0.25, 0.3) is 5.69 Å². The van der Waals surface area contributed by atoms with Crippen LogP contribution in [0.4, 0.5) is 11.4 Å². The van der Waals surface area contributed by atoms with Crippen LogP contribution < -0.4 is 24.0 Å². The molecule has 92 valence electrons. The molecule has 0 bridgehead atoms. The maximum atomic E-state index is 10.7. The first-order chi connectivity index (χ1) is 7.35. The zero-order valence-corrected chi connectivity index (χ0v) is 12.5. The van der Waals surface area contributed by atoms with Crippen molar-refractivity contribution >= 4 is 17.1 Å². The van der Waals surface area contributed by atoms with Gasteiger partial charge in [0.15, 0.2) is 5.71 Å². The molecule has 5 heteroatoms. The molecule has 0 saturated heterocycles. The zero-order valence-electron chi connectivity index (χ0n) is 10.3. The Labute approximate surface area is 118 Å². The van der Waals surface area contributed by atoms with Crippen molar-refractivity contribution in [2.45, 2.75) is 26.2 Å². The molecule has 0 amide bonds. The number of nitrogens with zero attached hydrogens (tertiary/aromatic N) is 2. The fraction of sp³-hybridized carbons (Fsp3) is 0.417. The highest BCUT2D eigenvalue weighted by Crippen LogP contribution is 2.40. The third kappa shape index (κ3) is 1.96. The van der Waals surface area contributed by atoms with Crippen molar-refractivity contribution in [2.24, 2.45) is 0 Å². The number of non-ortho nitro benzene ring substituents is 1. The first-order valence-electron chi connectivity index (χ1n) is 5.22. The van der Waals surface area contributed by atoms with Crippen molar-refractivity contribution in [3.8, 4) is 0 Å². The van der Waals surface area contributed by atoms with Gasteiger partial charge in [-0.3, -0.25) is 10.1 Å². The number of hydrogen-bond acceptors (Lipinski definition) is 2. The largest absolute Gasteiger partial charge is 1.00 e. The lowest BCUT2D eigenvalue weighted by Crippen LogP contribution is -3.00. The van der Waals surface area contributed by atoms with E-state index < -0.39 is 0 Å². The Kier molecular flexibility index (Phi) is 3.61. The van der Waals surface area contributed by atoms with Crippen molar-refractivity contribution in [1.29, 1.82) is 0 Å². The van der Waals surface area contributed by atoms with Gasteiger partial charge in [0.2, 0.25) is 5.69 Å². The molecule has 0 unspecified atom stereocenters. The summed E-state index contributed by atoms with van der Waals surface area (Å²) >= 11 is 0. The van der Waals surface area contributed by atoms with Crippen molar-refractivity contribution in [3.05, 3.63) is 33.9 Å². The fourth-order valence-electron chi connectivity index (χ4n) is 2.23. The minimum atomic E-state index is -0.352. The minimum Gasteiger partial charge on any atom is -1.00 e. The number of benzene rings is 1. The molecule has 0 saturated carbocycles. The van der Waals surface area contributed by atoms with E-state index in [1.54, 1.807) is 12.1 Å². The lowest BCUT2D eigenvalue weighted by atomic mass is 9.82. The Bertz CT molecular complexity index is 521. The van der Waals surface area contributed by atoms with Crippen molar-refractivity contribution in [1.82, 2.24) is 0 Å². The Balaban J connectivity index is 0.00000144. The van der Waals surface area contributed by atoms with Gasteiger partial charge in [-0.05, 0) is 19.9 Å². The molecule has 1 aliphatic rings. The fourth-order valence-corrected chi connectivity index (χ4v) is 2.23. The van der Waals surface area contributed by atoms with Gasteiger partial charge < -0.3 is 24.0 Å². The van der Waals surface area contributed by atoms with Gasteiger partial charge in [-0.1, -0.05) is 0 Å². The van der Waals surface area contributed by atoms with Gasteiger partial charge in [0.05, 0.1) is 16.4 Å². The number of fused-ring (bicyclic) bond motifs is 1. The molecule has 0 spiro atoms. The van der Waals surface area contributed by atoms with Crippen molar-refractivity contribution < 1.29 is 33.5 Å². The van der Waals surface area contributed by atoms with E-state index in [1.165, 1.54) is 5.71 Å². The van der Waals surface area contributed by atoms with Crippen LogP contribution in [0.1, 0.15) is 26.3 Å². The summed E-state index contributed by atoms with van der Waals surface area (Å²) in [4.78, 5) is 10.4. The Morgan fingerprint density at radius 3 is 2.47 bits per heavy atom. The third-order valence-electron chi connectivity index (χ3n) is 3.63. The monoisotopic (exact) mass is 346 g/mol. The van der Waals surface area contributed by atoms with Crippen LogP contribution >= 0.6 is 0 Å². The summed E-state index contributed by atoms with van der Waals surface area (Å²) in [5.74, 6) is 0. The van der Waals surface area contributed by atoms with Crippen LogP contribution in [0.2, 0.25) is 0 Å². The van der Waals surface area contributed by atoms with E-state index >= 15 is 0 Å². The van der Waals surface area contributed by atoms with E-state index in [0.717, 1.165) is 11.3 Å². The predicted octanol–water partition coefficient (Wildman–Crippen LogP) is -0.375. The van der Waals surface area contributed by atoms with E-state index in [9.17, 15) is 10.1 Å². The summed E-state index contributed by atoms with van der Waals surface area (Å²) in [5, 5.41) is 10.7. The van der Waals surface area contributed by atoms with Crippen molar-refractivity contribution in [2.75, 3.05) is 7.05 Å². The number of nitro benzene ring substituents is 1. The van der Waals surface area contributed by atoms with E-state index in [-0.39, 0.29) is 40.0 Å². The molecule has 0 aliphatic carbocycles. The zero-order chi connectivity index (χ0) is 12.1. The van der Waals surface area contributed by atoms with Crippen LogP contribution in [0.15, 0.2) is 18.2 Å². The summed E-state index contributed by atoms with van der Waals surface area (Å²) in [6, 6.07) is 5.08. The summed E-state index contributed by atoms with van der Waals surface area (Å²) < 4.78 is 2.03. The minimum absolute atomic E-state index is 0. The molecule has 0 radical (unpaired) electrons. The SMILES string of the molecule is CC1=[N+](C)c2cc([N+](=O)[O-])ccc2C1(C)C.[I-]. The number of rotatable bonds is 1. The summed E-state index contributed by atoms with van der Waals surface area (Å²) in [7, 11) is 1.95. The predicted molar refractivity (Wildman–Crippen MR) is 62.6 cm³/mol. The molecule has 0 atom stereocenters. The van der Waals surface area contributed by atoms with E-state index in [1.807, 2.05) is 17.7 Å². The Morgan fingerprint density at radius 1 is 1.35 bits per heavy atom. The second-order valence-electron chi connectivity index (χ2n) is 4.73. The number of halogens is 1. The molecule has 0 aromatic heterocycles. The molecular weight excluding hydrogens is 331 g/mol. The normalized spacial score (nSPS) is 16.5. The standard InChI is InChI=1S/C12H15N2O2.HI/c1-8-12(2,3)10-6-5-9(14(15)16)7-11(10)13(8)4;/h5-7H,1-4H3;1H/q+1;/p-1. The first kappa shape index (κ1) is 14.1. The van der Waals surface area contributed by atoms with E-state index in [2.05, 4.69) is 20.8 Å². The van der Waals surface area contributed by atoms with Gasteiger partial charge >= 0.3 is 0 Å². The molecule has 0 N–H and O–H groups in total. The molecule has 1 aromatic carbocycles. The molecule has 4 nitrogen and oxygen atoms in total. The van der Waals surface area contributed by atoms with Gasteiger partial charge in [0.1, 0.15) is 7.05 Å². The summed E-state index contributed by atoms with van der Waals surface area (Å²) in [5.41, 5.74) is 3.41. The molecule has 1 aromatic rings. The quantitative estimate of drug-likeness (QED) is 0.301. The van der Waals surface area contributed by atoms with Crippen LogP contribution in [0.3, 0.4) is 0 Å². The van der Waals surface area contributed by atoms with Crippen LogP contribution in [0.25, 0.3) is 0 Å². The average Bonchev–Trinajstić information content (AvgIpc) is 2.40. The maximum absolute atomic E-state index is 10.7. The average molecular weight is 346 g/mol. The molecule has 0 fully saturated rings. The third-order valence-corrected chi connectivity index (χ3v) is 3.63. The van der Waals surface area contributed by atoms with Crippen LogP contribution in [0.5, 0.6) is 0 Å². The number of hydrogen-bond donors (Lipinski definition) is 0. The lowest BCUT2D eigenvalue weighted by molar-refractivity contribution is -0.406. The molecular formula is C12H15IN2O2. The molecule has 17 heavy (non-hydrogen) atoms. The first-order valence-corrected chi connectivity index (χ1v) is 5.22. The van der Waals surface area contributed by atoms with E-state index in [4.69, 9.17) is 0 Å². The Hall–Kier alpha value is -0.980. The highest BCUT2D eigenvalue weighted by Gasteiger charge is 2.42. The topological polar surface area (TPSA) is 46.1 Å². The second-order valence-corrected chi connectivity index (χ2v) is 4.73. The number of nitro groups is 1. The Morgan fingerprint density at radius 2 is 1.94 bits per heavy atom. The van der Waals surface area contributed by atoms with E-state index in [0.29, 0.717) is 0 Å². The molecule has 2 rings (SSSR count). The molecule has 1 heterocycles. The summed E-state index contributed by atoms with van der Waals surface area (Å²) in [6.45, 7) is 6.33. The van der Waals surface area contributed by atoms with Gasteiger partial charge in [-0.2, -0.15) is 0 Å². The smallest absolute Gasteiger partial charge is 0.276 e. The highest BCUT2D eigenvalue weighted by atomic mass is 127.